The van der Waals surface area contributed by atoms with Crippen molar-refractivity contribution in [1.29, 1.82) is 0 Å². The smallest absolute Gasteiger partial charge is 0.144 e. The summed E-state index contributed by atoms with van der Waals surface area (Å²) in [4.78, 5) is 0. The van der Waals surface area contributed by atoms with E-state index in [1.165, 1.54) is 0 Å². The van der Waals surface area contributed by atoms with Gasteiger partial charge in [-0.3, -0.25) is 0 Å². The molecule has 2 aromatic rings. The molecule has 1 heterocycles. The Labute approximate surface area is 111 Å². The summed E-state index contributed by atoms with van der Waals surface area (Å²) in [6.07, 6.45) is 0. The van der Waals surface area contributed by atoms with Gasteiger partial charge in [0.15, 0.2) is 0 Å². The highest BCUT2D eigenvalue weighted by molar-refractivity contribution is 6.30. The van der Waals surface area contributed by atoms with E-state index < -0.39 is 0 Å². The number of anilines is 1. The number of halogens is 1. The van der Waals surface area contributed by atoms with Crippen LogP contribution >= 0.6 is 11.6 Å². The lowest BCUT2D eigenvalue weighted by Crippen LogP contribution is -2.04. The van der Waals surface area contributed by atoms with Gasteiger partial charge in [-0.05, 0) is 24.1 Å². The van der Waals surface area contributed by atoms with Crippen LogP contribution in [-0.2, 0) is 0 Å². The first-order valence-electron chi connectivity index (χ1n) is 5.72. The number of hydrogen-bond acceptors (Lipinski definition) is 3. The number of nitrogens with two attached hydrogens (primary N) is 1. The minimum Gasteiger partial charge on any atom is -0.494 e. The van der Waals surface area contributed by atoms with E-state index in [2.05, 4.69) is 18.9 Å². The molecule has 0 spiro atoms. The summed E-state index contributed by atoms with van der Waals surface area (Å²) in [5.74, 6) is 1.57. The van der Waals surface area contributed by atoms with Crippen molar-refractivity contribution in [2.75, 3.05) is 12.8 Å². The van der Waals surface area contributed by atoms with Crippen LogP contribution in [0.3, 0.4) is 0 Å². The molecule has 0 aliphatic carbocycles. The fourth-order valence-corrected chi connectivity index (χ4v) is 1.88. The summed E-state index contributed by atoms with van der Waals surface area (Å²) in [5, 5.41) is 5.10. The van der Waals surface area contributed by atoms with Gasteiger partial charge in [0, 0.05) is 11.1 Å². The summed E-state index contributed by atoms with van der Waals surface area (Å²) in [6.45, 7) is 4.14. The second kappa shape index (κ2) is 4.90. The molecule has 2 N–H and O–H groups in total. The van der Waals surface area contributed by atoms with Gasteiger partial charge in [-0.2, -0.15) is 5.10 Å². The van der Waals surface area contributed by atoms with E-state index in [1.807, 2.05) is 6.07 Å². The molecular formula is C13H16ClN3O. The van der Waals surface area contributed by atoms with Crippen molar-refractivity contribution in [1.82, 2.24) is 9.78 Å². The number of benzene rings is 1. The Bertz CT molecular complexity index is 563. The Morgan fingerprint density at radius 1 is 1.33 bits per heavy atom. The first-order chi connectivity index (χ1) is 8.52. The molecule has 4 nitrogen and oxygen atoms in total. The number of hydrogen-bond donors (Lipinski definition) is 1. The molecule has 0 saturated heterocycles. The Morgan fingerprint density at radius 2 is 2.06 bits per heavy atom. The summed E-state index contributed by atoms with van der Waals surface area (Å²) in [6, 6.07) is 7.22. The van der Waals surface area contributed by atoms with E-state index in [0.29, 0.717) is 22.5 Å². The summed E-state index contributed by atoms with van der Waals surface area (Å²) >= 11 is 6.01. The highest BCUT2D eigenvalue weighted by atomic mass is 35.5. The summed E-state index contributed by atoms with van der Waals surface area (Å²) in [5.41, 5.74) is 7.67. The lowest BCUT2D eigenvalue weighted by molar-refractivity contribution is 0.412. The zero-order chi connectivity index (χ0) is 13.3. The highest BCUT2D eigenvalue weighted by Gasteiger charge is 2.13. The minimum atomic E-state index is 0.318. The summed E-state index contributed by atoms with van der Waals surface area (Å²) in [7, 11) is 1.61. The quantitative estimate of drug-likeness (QED) is 0.927. The highest BCUT2D eigenvalue weighted by Crippen LogP contribution is 2.29. The molecule has 0 atom stereocenters. The molecule has 0 aliphatic rings. The largest absolute Gasteiger partial charge is 0.494 e. The van der Waals surface area contributed by atoms with Crippen LogP contribution in [0.15, 0.2) is 24.3 Å². The average molecular weight is 266 g/mol. The predicted octanol–water partition coefficient (Wildman–Crippen LogP) is 3.24. The maximum Gasteiger partial charge on any atom is 0.144 e. The molecule has 0 aliphatic heterocycles. The number of nitrogen functional groups attached to an aromatic ring is 1. The number of rotatable bonds is 3. The lowest BCUT2D eigenvalue weighted by Gasteiger charge is -2.10. The Balaban J connectivity index is 2.57. The molecule has 0 bridgehead atoms. The number of methoxy groups -OCH3 is 1. The predicted molar refractivity (Wildman–Crippen MR) is 73.6 cm³/mol. The van der Waals surface area contributed by atoms with Crippen LogP contribution in [0.2, 0.25) is 5.02 Å². The van der Waals surface area contributed by atoms with Gasteiger partial charge in [0.1, 0.15) is 17.3 Å². The van der Waals surface area contributed by atoms with Crippen molar-refractivity contribution in [2.24, 2.45) is 0 Å². The van der Waals surface area contributed by atoms with Crippen molar-refractivity contribution in [2.45, 2.75) is 19.8 Å². The SMILES string of the molecule is COc1ccc(Cl)cc1-n1nc(C(C)C)cc1N. The van der Waals surface area contributed by atoms with Gasteiger partial charge in [0.05, 0.1) is 12.8 Å². The van der Waals surface area contributed by atoms with Gasteiger partial charge in [0.2, 0.25) is 0 Å². The van der Waals surface area contributed by atoms with Gasteiger partial charge in [-0.15, -0.1) is 0 Å². The van der Waals surface area contributed by atoms with E-state index in [9.17, 15) is 0 Å². The molecule has 0 unspecified atom stereocenters. The molecule has 2 rings (SSSR count). The average Bonchev–Trinajstić information content (AvgIpc) is 2.71. The van der Waals surface area contributed by atoms with E-state index in [0.717, 1.165) is 11.4 Å². The molecule has 0 amide bonds. The normalized spacial score (nSPS) is 10.9. The van der Waals surface area contributed by atoms with Crippen molar-refractivity contribution >= 4 is 17.4 Å². The number of aromatic nitrogens is 2. The minimum absolute atomic E-state index is 0.318. The van der Waals surface area contributed by atoms with Gasteiger partial charge >= 0.3 is 0 Å². The molecular weight excluding hydrogens is 250 g/mol. The molecule has 96 valence electrons. The van der Waals surface area contributed by atoms with Gasteiger partial charge in [-0.25, -0.2) is 4.68 Å². The van der Waals surface area contributed by atoms with Crippen LogP contribution in [0.1, 0.15) is 25.5 Å². The zero-order valence-corrected chi connectivity index (χ0v) is 11.4. The van der Waals surface area contributed by atoms with E-state index in [4.69, 9.17) is 22.1 Å². The van der Waals surface area contributed by atoms with E-state index in [-0.39, 0.29) is 0 Å². The fraction of sp³-hybridized carbons (Fsp3) is 0.308. The molecule has 1 aromatic carbocycles. The molecule has 0 fully saturated rings. The second-order valence-electron chi connectivity index (χ2n) is 4.38. The Kier molecular flexibility index (Phi) is 3.48. The van der Waals surface area contributed by atoms with Gasteiger partial charge < -0.3 is 10.5 Å². The van der Waals surface area contributed by atoms with Crippen LogP contribution in [0, 0.1) is 0 Å². The van der Waals surface area contributed by atoms with Crippen molar-refractivity contribution in [3.63, 3.8) is 0 Å². The van der Waals surface area contributed by atoms with Crippen molar-refractivity contribution in [3.8, 4) is 11.4 Å². The van der Waals surface area contributed by atoms with E-state index >= 15 is 0 Å². The third-order valence-electron chi connectivity index (χ3n) is 2.72. The molecule has 5 heteroatoms. The second-order valence-corrected chi connectivity index (χ2v) is 4.81. The third-order valence-corrected chi connectivity index (χ3v) is 2.95. The molecule has 18 heavy (non-hydrogen) atoms. The maximum atomic E-state index is 6.01. The third kappa shape index (κ3) is 2.29. The fourth-order valence-electron chi connectivity index (χ4n) is 1.72. The maximum absolute atomic E-state index is 6.01. The summed E-state index contributed by atoms with van der Waals surface area (Å²) < 4.78 is 6.96. The molecule has 0 saturated carbocycles. The standard InChI is InChI=1S/C13H16ClN3O/c1-8(2)10-7-13(15)17(16-10)11-6-9(14)4-5-12(11)18-3/h4-8H,15H2,1-3H3. The first kappa shape index (κ1) is 12.8. The molecule has 0 radical (unpaired) electrons. The lowest BCUT2D eigenvalue weighted by atomic mass is 10.1. The zero-order valence-electron chi connectivity index (χ0n) is 10.6. The van der Waals surface area contributed by atoms with Crippen LogP contribution in [-0.4, -0.2) is 16.9 Å². The molecule has 1 aromatic heterocycles. The van der Waals surface area contributed by atoms with Crippen LogP contribution in [0.4, 0.5) is 5.82 Å². The van der Waals surface area contributed by atoms with Crippen LogP contribution < -0.4 is 10.5 Å². The number of nitrogens with zero attached hydrogens (tertiary/aromatic N) is 2. The van der Waals surface area contributed by atoms with Crippen LogP contribution in [0.5, 0.6) is 5.75 Å². The van der Waals surface area contributed by atoms with Crippen molar-refractivity contribution in [3.05, 3.63) is 35.0 Å². The number of ether oxygens (including phenoxy) is 1. The van der Waals surface area contributed by atoms with Gasteiger partial charge in [-0.1, -0.05) is 25.4 Å². The first-order valence-corrected chi connectivity index (χ1v) is 6.10. The van der Waals surface area contributed by atoms with Crippen molar-refractivity contribution < 1.29 is 4.74 Å². The van der Waals surface area contributed by atoms with Gasteiger partial charge in [0.25, 0.3) is 0 Å². The Morgan fingerprint density at radius 3 is 2.61 bits per heavy atom. The monoisotopic (exact) mass is 265 g/mol. The van der Waals surface area contributed by atoms with E-state index in [1.54, 1.807) is 30.0 Å². The Hall–Kier alpha value is -1.68. The van der Waals surface area contributed by atoms with Crippen LogP contribution in [0.25, 0.3) is 5.69 Å². The topological polar surface area (TPSA) is 53.1 Å².